The Kier molecular flexibility index (Phi) is 3.31. The molecule has 3 nitrogen and oxygen atoms in total. The van der Waals surface area contributed by atoms with Crippen LogP contribution in [-0.2, 0) is 0 Å². The van der Waals surface area contributed by atoms with Gasteiger partial charge < -0.3 is 9.84 Å². The average molecular weight is 306 g/mol. The number of hydrogen-bond acceptors (Lipinski definition) is 3. The summed E-state index contributed by atoms with van der Waals surface area (Å²) < 4.78 is 6.09. The van der Waals surface area contributed by atoms with E-state index in [0.29, 0.717) is 11.1 Å². The van der Waals surface area contributed by atoms with Crippen LogP contribution in [0, 0.1) is 0 Å². The first kappa shape index (κ1) is 14.2. The van der Waals surface area contributed by atoms with Gasteiger partial charge in [-0.15, -0.1) is 0 Å². The van der Waals surface area contributed by atoms with E-state index < -0.39 is 6.10 Å². The van der Waals surface area contributed by atoms with E-state index >= 15 is 0 Å². The van der Waals surface area contributed by atoms with E-state index in [0.717, 1.165) is 41.5 Å². The van der Waals surface area contributed by atoms with Crippen LogP contribution < -0.4 is 4.74 Å². The van der Waals surface area contributed by atoms with Crippen LogP contribution >= 0.6 is 0 Å². The van der Waals surface area contributed by atoms with Crippen LogP contribution in [0.4, 0.5) is 0 Å². The van der Waals surface area contributed by atoms with E-state index in [1.54, 1.807) is 12.1 Å². The van der Waals surface area contributed by atoms with Gasteiger partial charge in [0.25, 0.3) is 0 Å². The third kappa shape index (κ3) is 2.20. The fraction of sp³-hybridized carbons (Fsp3) is 0.250. The molecule has 0 radical (unpaired) electrons. The first-order chi connectivity index (χ1) is 11.2. The normalized spacial score (nSPS) is 19.7. The second-order valence-corrected chi connectivity index (χ2v) is 6.06. The topological polar surface area (TPSA) is 46.5 Å². The molecule has 0 saturated carbocycles. The molecule has 0 amide bonds. The second kappa shape index (κ2) is 5.36. The Labute approximate surface area is 134 Å². The zero-order chi connectivity index (χ0) is 16.0. The molecule has 0 spiro atoms. The number of carbonyl (C=O) groups is 1. The van der Waals surface area contributed by atoms with Crippen molar-refractivity contribution < 1.29 is 14.6 Å². The van der Waals surface area contributed by atoms with Gasteiger partial charge in [0, 0.05) is 22.8 Å². The van der Waals surface area contributed by atoms with E-state index in [2.05, 4.69) is 13.0 Å². The summed E-state index contributed by atoms with van der Waals surface area (Å²) >= 11 is 0. The number of allylic oxidation sites excluding steroid dienone is 4. The average Bonchev–Trinajstić information content (AvgIpc) is 2.84. The molecular weight excluding hydrogens is 288 g/mol. The predicted molar refractivity (Wildman–Crippen MR) is 89.6 cm³/mol. The summed E-state index contributed by atoms with van der Waals surface area (Å²) in [6.07, 6.45) is 6.11. The van der Waals surface area contributed by atoms with Crippen molar-refractivity contribution in [3.63, 3.8) is 0 Å². The van der Waals surface area contributed by atoms with E-state index in [1.807, 2.05) is 24.3 Å². The summed E-state index contributed by atoms with van der Waals surface area (Å²) in [6, 6.07) is 9.20. The van der Waals surface area contributed by atoms with Crippen molar-refractivity contribution in [3.05, 3.63) is 64.9 Å². The van der Waals surface area contributed by atoms with Crippen LogP contribution in [-0.4, -0.2) is 10.9 Å². The molecular formula is C20H18O3. The molecule has 0 aliphatic heterocycles. The number of hydrogen-bond donors (Lipinski definition) is 1. The molecule has 2 aromatic rings. The molecule has 0 aromatic heterocycles. The fourth-order valence-corrected chi connectivity index (χ4v) is 3.40. The van der Waals surface area contributed by atoms with Crippen molar-refractivity contribution in [2.45, 2.75) is 32.3 Å². The molecule has 2 aliphatic rings. The number of benzene rings is 2. The van der Waals surface area contributed by atoms with Gasteiger partial charge in [0.1, 0.15) is 17.6 Å². The van der Waals surface area contributed by atoms with Crippen LogP contribution in [0.2, 0.25) is 0 Å². The van der Waals surface area contributed by atoms with Crippen molar-refractivity contribution in [2.75, 3.05) is 0 Å². The number of aliphatic hydroxyl groups excluding tert-OH is 1. The lowest BCUT2D eigenvalue weighted by Gasteiger charge is -2.16. The molecule has 0 bridgehead atoms. The molecule has 2 aliphatic carbocycles. The quantitative estimate of drug-likeness (QED) is 0.910. The highest BCUT2D eigenvalue weighted by atomic mass is 16.5. The first-order valence-electron chi connectivity index (χ1n) is 8.03. The third-order valence-electron chi connectivity index (χ3n) is 4.73. The minimum Gasteiger partial charge on any atom is -0.461 e. The van der Waals surface area contributed by atoms with Gasteiger partial charge in [0.15, 0.2) is 5.78 Å². The van der Waals surface area contributed by atoms with Crippen molar-refractivity contribution >= 4 is 16.6 Å². The Bertz CT molecular complexity index is 874. The Balaban J connectivity index is 1.78. The third-order valence-corrected chi connectivity index (χ3v) is 4.73. The zero-order valence-corrected chi connectivity index (χ0v) is 13.0. The van der Waals surface area contributed by atoms with E-state index in [1.165, 1.54) is 5.57 Å². The van der Waals surface area contributed by atoms with Gasteiger partial charge in [-0.3, -0.25) is 4.79 Å². The Morgan fingerprint density at radius 3 is 2.78 bits per heavy atom. The van der Waals surface area contributed by atoms with E-state index in [9.17, 15) is 9.90 Å². The van der Waals surface area contributed by atoms with Crippen LogP contribution in [0.3, 0.4) is 0 Å². The molecule has 2 aromatic carbocycles. The molecule has 23 heavy (non-hydrogen) atoms. The molecule has 116 valence electrons. The number of carbonyl (C=O) groups excluding carboxylic acids is 1. The van der Waals surface area contributed by atoms with Gasteiger partial charge in [-0.2, -0.15) is 0 Å². The maximum Gasteiger partial charge on any atom is 0.196 e. The van der Waals surface area contributed by atoms with Gasteiger partial charge >= 0.3 is 0 Å². The number of ketones is 1. The molecule has 0 saturated heterocycles. The zero-order valence-electron chi connectivity index (χ0n) is 13.0. The lowest BCUT2D eigenvalue weighted by molar-refractivity contribution is 0.0766. The van der Waals surface area contributed by atoms with Gasteiger partial charge in [-0.1, -0.05) is 36.8 Å². The minimum absolute atomic E-state index is 0.227. The Hall–Kier alpha value is -2.39. The van der Waals surface area contributed by atoms with Gasteiger partial charge in [-0.05, 0) is 36.6 Å². The Morgan fingerprint density at radius 1 is 1.17 bits per heavy atom. The highest BCUT2D eigenvalue weighted by Crippen LogP contribution is 2.41. The predicted octanol–water partition coefficient (Wildman–Crippen LogP) is 4.46. The van der Waals surface area contributed by atoms with E-state index in [4.69, 9.17) is 4.74 Å². The molecule has 0 heterocycles. The van der Waals surface area contributed by atoms with Crippen molar-refractivity contribution in [2.24, 2.45) is 0 Å². The monoisotopic (exact) mass is 306 g/mol. The first-order valence-corrected chi connectivity index (χ1v) is 8.03. The standard InChI is InChI=1S/C20H18O3/c1-2-12-6-8-13(9-7-12)23-17-11-10-16-18-14(17)4-3-5-15(18)19(21)20(16)22/h3-6,8,10-11,19,21H,2,7,9H2,1H3. The smallest absolute Gasteiger partial charge is 0.196 e. The number of ether oxygens (including phenoxy) is 1. The lowest BCUT2D eigenvalue weighted by Crippen LogP contribution is -2.04. The van der Waals surface area contributed by atoms with Gasteiger partial charge in [0.05, 0.1) is 0 Å². The van der Waals surface area contributed by atoms with Crippen LogP contribution in [0.15, 0.2) is 53.8 Å². The highest BCUT2D eigenvalue weighted by Gasteiger charge is 2.31. The summed E-state index contributed by atoms with van der Waals surface area (Å²) in [5.41, 5.74) is 2.70. The van der Waals surface area contributed by atoms with Crippen LogP contribution in [0.25, 0.3) is 10.8 Å². The summed E-state index contributed by atoms with van der Waals surface area (Å²) in [5.74, 6) is 1.45. The summed E-state index contributed by atoms with van der Waals surface area (Å²) in [6.45, 7) is 2.16. The molecule has 0 fully saturated rings. The van der Waals surface area contributed by atoms with Crippen LogP contribution in [0.5, 0.6) is 5.75 Å². The summed E-state index contributed by atoms with van der Waals surface area (Å²) in [7, 11) is 0. The highest BCUT2D eigenvalue weighted by molar-refractivity contribution is 6.18. The molecule has 1 atom stereocenters. The molecule has 4 rings (SSSR count). The summed E-state index contributed by atoms with van der Waals surface area (Å²) in [5, 5.41) is 11.8. The second-order valence-electron chi connectivity index (χ2n) is 6.06. The molecule has 3 heteroatoms. The lowest BCUT2D eigenvalue weighted by atomic mass is 10.0. The maximum absolute atomic E-state index is 12.1. The SMILES string of the molecule is CCC1=CC=C(Oc2ccc3c4c(cccc24)C(O)C3=O)CC1. The van der Waals surface area contributed by atoms with Crippen molar-refractivity contribution in [1.82, 2.24) is 0 Å². The number of Topliss-reactive ketones (excluding diaryl/α,β-unsaturated/α-hetero) is 1. The van der Waals surface area contributed by atoms with Crippen molar-refractivity contribution in [3.8, 4) is 5.75 Å². The largest absolute Gasteiger partial charge is 0.461 e. The number of aliphatic hydroxyl groups is 1. The summed E-state index contributed by atoms with van der Waals surface area (Å²) in [4.78, 5) is 12.1. The van der Waals surface area contributed by atoms with Gasteiger partial charge in [-0.25, -0.2) is 0 Å². The molecule has 1 unspecified atom stereocenters. The minimum atomic E-state index is -1.05. The van der Waals surface area contributed by atoms with Crippen LogP contribution in [0.1, 0.15) is 48.2 Å². The Morgan fingerprint density at radius 2 is 2.04 bits per heavy atom. The molecule has 1 N–H and O–H groups in total. The fourth-order valence-electron chi connectivity index (χ4n) is 3.40. The van der Waals surface area contributed by atoms with E-state index in [-0.39, 0.29) is 5.78 Å². The van der Waals surface area contributed by atoms with Gasteiger partial charge in [0.2, 0.25) is 0 Å². The van der Waals surface area contributed by atoms with Crippen molar-refractivity contribution in [1.29, 1.82) is 0 Å². The maximum atomic E-state index is 12.1. The number of rotatable bonds is 3.